The molecule has 0 aliphatic carbocycles. The fourth-order valence-electron chi connectivity index (χ4n) is 5.67. The molecule has 1 saturated heterocycles. The lowest BCUT2D eigenvalue weighted by Crippen LogP contribution is -2.42. The maximum absolute atomic E-state index is 14.1. The molecule has 6 nitrogen and oxygen atoms in total. The van der Waals surface area contributed by atoms with Crippen molar-refractivity contribution in [3.05, 3.63) is 90.0 Å². The largest absolute Gasteiger partial charge is 0.385 e. The molecule has 2 heterocycles. The number of carbonyl (C=O) groups is 1. The first kappa shape index (κ1) is 27.0. The van der Waals surface area contributed by atoms with Crippen LogP contribution in [0.4, 0.5) is 4.39 Å². The minimum atomic E-state index is -0.282. The summed E-state index contributed by atoms with van der Waals surface area (Å²) < 4.78 is 21.7. The van der Waals surface area contributed by atoms with E-state index in [0.29, 0.717) is 31.6 Å². The van der Waals surface area contributed by atoms with Crippen molar-refractivity contribution >= 4 is 16.9 Å². The Morgan fingerprint density at radius 2 is 1.87 bits per heavy atom. The molecule has 3 aromatic carbocycles. The van der Waals surface area contributed by atoms with Gasteiger partial charge in [0.2, 0.25) is 5.91 Å². The Hall–Kier alpha value is -3.55. The normalized spacial score (nSPS) is 16.5. The summed E-state index contributed by atoms with van der Waals surface area (Å²) in [7, 11) is 1.73. The number of aryl methyl sites for hydroxylation is 1. The molecule has 2 N–H and O–H groups in total. The van der Waals surface area contributed by atoms with Crippen LogP contribution in [0.15, 0.2) is 72.8 Å². The van der Waals surface area contributed by atoms with Gasteiger partial charge in [0.15, 0.2) is 0 Å². The SMILES string of the molecule is COCCCn1c(C2CCCN(C(=O)CC(N)Cc3ccc(-c4ccccc4F)cc3)C2)nc2ccccc21. The van der Waals surface area contributed by atoms with Gasteiger partial charge in [0.1, 0.15) is 11.6 Å². The molecule has 39 heavy (non-hydrogen) atoms. The Bertz CT molecular complexity index is 1400. The molecule has 204 valence electrons. The van der Waals surface area contributed by atoms with E-state index >= 15 is 0 Å². The van der Waals surface area contributed by atoms with Gasteiger partial charge in [0.05, 0.1) is 11.0 Å². The van der Waals surface area contributed by atoms with Crippen molar-refractivity contribution in [3.63, 3.8) is 0 Å². The van der Waals surface area contributed by atoms with E-state index in [1.807, 2.05) is 47.4 Å². The Labute approximate surface area is 229 Å². The zero-order valence-electron chi connectivity index (χ0n) is 22.6. The number of carbonyl (C=O) groups excluding carboxylic acids is 1. The number of ether oxygens (including phenoxy) is 1. The van der Waals surface area contributed by atoms with Gasteiger partial charge >= 0.3 is 0 Å². The summed E-state index contributed by atoms with van der Waals surface area (Å²) in [5, 5.41) is 0. The Balaban J connectivity index is 1.21. The molecule has 2 unspecified atom stereocenters. The molecule has 1 amide bonds. The summed E-state index contributed by atoms with van der Waals surface area (Å²) in [5.41, 5.74) is 11.0. The summed E-state index contributed by atoms with van der Waals surface area (Å²) in [6.45, 7) is 2.96. The van der Waals surface area contributed by atoms with Gasteiger partial charge in [-0.15, -0.1) is 0 Å². The van der Waals surface area contributed by atoms with Gasteiger partial charge in [-0.2, -0.15) is 0 Å². The van der Waals surface area contributed by atoms with Crippen LogP contribution in [0.1, 0.15) is 43.0 Å². The highest BCUT2D eigenvalue weighted by atomic mass is 19.1. The van der Waals surface area contributed by atoms with Gasteiger partial charge in [0, 0.05) is 57.3 Å². The predicted molar refractivity (Wildman–Crippen MR) is 153 cm³/mol. The summed E-state index contributed by atoms with van der Waals surface area (Å²) >= 11 is 0. The molecular formula is C32H37FN4O2. The summed E-state index contributed by atoms with van der Waals surface area (Å²) in [6.07, 6.45) is 3.76. The van der Waals surface area contributed by atoms with Crippen LogP contribution in [-0.2, 0) is 22.5 Å². The first-order valence-corrected chi connectivity index (χ1v) is 13.8. The number of nitrogens with two attached hydrogens (primary N) is 1. The minimum absolute atomic E-state index is 0.0946. The topological polar surface area (TPSA) is 73.4 Å². The van der Waals surface area contributed by atoms with Crippen molar-refractivity contribution in [3.8, 4) is 11.1 Å². The van der Waals surface area contributed by atoms with Gasteiger partial charge in [-0.05, 0) is 55.0 Å². The zero-order valence-corrected chi connectivity index (χ0v) is 22.6. The number of nitrogens with zero attached hydrogens (tertiary/aromatic N) is 3. The van der Waals surface area contributed by atoms with E-state index in [1.54, 1.807) is 19.2 Å². The van der Waals surface area contributed by atoms with Gasteiger partial charge in [-0.1, -0.05) is 54.6 Å². The molecule has 0 saturated carbocycles. The number of imidazole rings is 1. The third-order valence-corrected chi connectivity index (χ3v) is 7.63. The third-order valence-electron chi connectivity index (χ3n) is 7.63. The number of benzene rings is 3. The van der Waals surface area contributed by atoms with Crippen molar-refractivity contribution in [1.29, 1.82) is 0 Å². The second-order valence-electron chi connectivity index (χ2n) is 10.5. The highest BCUT2D eigenvalue weighted by molar-refractivity contribution is 5.78. The van der Waals surface area contributed by atoms with Crippen LogP contribution < -0.4 is 5.73 Å². The van der Waals surface area contributed by atoms with E-state index in [0.717, 1.165) is 60.3 Å². The number of methoxy groups -OCH3 is 1. The number of fused-ring (bicyclic) bond motifs is 1. The quantitative estimate of drug-likeness (QED) is 0.274. The first-order valence-electron chi connectivity index (χ1n) is 13.8. The molecule has 4 aromatic rings. The highest BCUT2D eigenvalue weighted by Gasteiger charge is 2.29. The number of aromatic nitrogens is 2. The number of piperidine rings is 1. The Morgan fingerprint density at radius 1 is 1.10 bits per heavy atom. The Morgan fingerprint density at radius 3 is 2.67 bits per heavy atom. The number of halogens is 1. The fourth-order valence-corrected chi connectivity index (χ4v) is 5.67. The number of amides is 1. The van der Waals surface area contributed by atoms with E-state index in [4.69, 9.17) is 15.5 Å². The van der Waals surface area contributed by atoms with E-state index < -0.39 is 0 Å². The zero-order chi connectivity index (χ0) is 27.2. The highest BCUT2D eigenvalue weighted by Crippen LogP contribution is 2.30. The predicted octanol–water partition coefficient (Wildman–Crippen LogP) is 5.55. The van der Waals surface area contributed by atoms with Crippen molar-refractivity contribution in [2.45, 2.75) is 50.6 Å². The minimum Gasteiger partial charge on any atom is -0.385 e. The smallest absolute Gasteiger partial charge is 0.224 e. The van der Waals surface area contributed by atoms with Crippen LogP contribution in [0.3, 0.4) is 0 Å². The second-order valence-corrected chi connectivity index (χ2v) is 10.5. The standard InChI is InChI=1S/C32H37FN4O2/c1-39-19-7-18-37-30-12-5-4-11-29(30)35-32(37)25-8-6-17-36(22-25)31(38)21-26(34)20-23-13-15-24(16-14-23)27-9-2-3-10-28(27)33/h2-5,9-16,25-26H,6-8,17-22,34H2,1H3. The molecule has 2 atom stereocenters. The van der Waals surface area contributed by atoms with Crippen LogP contribution in [0.2, 0.25) is 0 Å². The summed E-state index contributed by atoms with van der Waals surface area (Å²) in [4.78, 5) is 20.2. The van der Waals surface area contributed by atoms with E-state index in [-0.39, 0.29) is 23.7 Å². The summed E-state index contributed by atoms with van der Waals surface area (Å²) in [5.74, 6) is 1.11. The van der Waals surface area contributed by atoms with Crippen LogP contribution in [0, 0.1) is 5.82 Å². The van der Waals surface area contributed by atoms with Gasteiger partial charge in [0.25, 0.3) is 0 Å². The molecular weight excluding hydrogens is 491 g/mol. The molecule has 0 bridgehead atoms. The number of likely N-dealkylation sites (tertiary alicyclic amines) is 1. The van der Waals surface area contributed by atoms with Crippen LogP contribution in [0.5, 0.6) is 0 Å². The van der Waals surface area contributed by atoms with Crippen molar-refractivity contribution in [1.82, 2.24) is 14.5 Å². The first-order chi connectivity index (χ1) is 19.0. The maximum atomic E-state index is 14.1. The fraction of sp³-hybridized carbons (Fsp3) is 0.375. The van der Waals surface area contributed by atoms with E-state index in [9.17, 15) is 9.18 Å². The molecule has 0 radical (unpaired) electrons. The van der Waals surface area contributed by atoms with Gasteiger partial charge < -0.3 is 19.9 Å². The monoisotopic (exact) mass is 528 g/mol. The maximum Gasteiger partial charge on any atom is 0.224 e. The van der Waals surface area contributed by atoms with Gasteiger partial charge in [-0.3, -0.25) is 4.79 Å². The van der Waals surface area contributed by atoms with Crippen LogP contribution in [-0.4, -0.2) is 53.2 Å². The van der Waals surface area contributed by atoms with Crippen molar-refractivity contribution in [2.24, 2.45) is 5.73 Å². The third kappa shape index (κ3) is 6.37. The molecule has 0 spiro atoms. The number of rotatable bonds is 10. The average molecular weight is 529 g/mol. The molecule has 5 rings (SSSR count). The number of para-hydroxylation sites is 2. The number of hydrogen-bond acceptors (Lipinski definition) is 4. The average Bonchev–Trinajstić information content (AvgIpc) is 3.33. The molecule has 1 aromatic heterocycles. The van der Waals surface area contributed by atoms with Gasteiger partial charge in [-0.25, -0.2) is 9.37 Å². The lowest BCUT2D eigenvalue weighted by molar-refractivity contribution is -0.132. The molecule has 7 heteroatoms. The van der Waals surface area contributed by atoms with Crippen LogP contribution in [0.25, 0.3) is 22.2 Å². The lowest BCUT2D eigenvalue weighted by atomic mass is 9.95. The lowest BCUT2D eigenvalue weighted by Gasteiger charge is -2.33. The number of hydrogen-bond donors (Lipinski definition) is 1. The second kappa shape index (κ2) is 12.5. The molecule has 1 aliphatic rings. The Kier molecular flexibility index (Phi) is 8.69. The van der Waals surface area contributed by atoms with Crippen molar-refractivity contribution < 1.29 is 13.9 Å². The molecule has 1 fully saturated rings. The van der Waals surface area contributed by atoms with E-state index in [2.05, 4.69) is 16.7 Å². The van der Waals surface area contributed by atoms with Crippen LogP contribution >= 0.6 is 0 Å². The van der Waals surface area contributed by atoms with Crippen molar-refractivity contribution in [2.75, 3.05) is 26.8 Å². The molecule has 1 aliphatic heterocycles. The summed E-state index contributed by atoms with van der Waals surface area (Å²) in [6, 6.07) is 22.5. The van der Waals surface area contributed by atoms with E-state index in [1.165, 1.54) is 6.07 Å².